The third kappa shape index (κ3) is 4.46. The molecule has 0 saturated carbocycles. The number of carbonyl (C=O) groups excluding carboxylic acids is 1. The molecule has 1 heterocycles. The van der Waals surface area contributed by atoms with Crippen LogP contribution in [-0.2, 0) is 9.53 Å². The smallest absolute Gasteiger partial charge is 0.248 e. The summed E-state index contributed by atoms with van der Waals surface area (Å²) in [7, 11) is 0. The Kier molecular flexibility index (Phi) is 5.67. The Hall–Kier alpha value is -2.11. The summed E-state index contributed by atoms with van der Waals surface area (Å²) in [4.78, 5) is 14.5. The van der Waals surface area contributed by atoms with E-state index >= 15 is 0 Å². The second-order valence-electron chi connectivity index (χ2n) is 5.49. The molecular formula is C19H19BrN2O2. The van der Waals surface area contributed by atoms with Gasteiger partial charge in [0.25, 0.3) is 0 Å². The van der Waals surface area contributed by atoms with E-state index in [9.17, 15) is 4.79 Å². The van der Waals surface area contributed by atoms with Gasteiger partial charge in [-0.2, -0.15) is 0 Å². The van der Waals surface area contributed by atoms with Crippen LogP contribution in [0.5, 0.6) is 0 Å². The second-order valence-corrected chi connectivity index (χ2v) is 6.41. The minimum Gasteiger partial charge on any atom is -0.378 e. The van der Waals surface area contributed by atoms with Crippen LogP contribution in [0.4, 0.5) is 11.4 Å². The van der Waals surface area contributed by atoms with Gasteiger partial charge in [0.15, 0.2) is 0 Å². The zero-order chi connectivity index (χ0) is 16.8. The molecule has 1 saturated heterocycles. The minimum atomic E-state index is -0.143. The van der Waals surface area contributed by atoms with E-state index < -0.39 is 0 Å². The molecule has 0 aromatic heterocycles. The van der Waals surface area contributed by atoms with Crippen molar-refractivity contribution < 1.29 is 9.53 Å². The highest BCUT2D eigenvalue weighted by Crippen LogP contribution is 2.26. The molecule has 1 aliphatic heterocycles. The second kappa shape index (κ2) is 8.13. The molecule has 1 N–H and O–H groups in total. The maximum Gasteiger partial charge on any atom is 0.248 e. The highest BCUT2D eigenvalue weighted by Gasteiger charge is 2.14. The van der Waals surface area contributed by atoms with Crippen molar-refractivity contribution in [1.29, 1.82) is 0 Å². The molecule has 2 aromatic rings. The molecule has 0 bridgehead atoms. The van der Waals surface area contributed by atoms with E-state index in [1.807, 2.05) is 48.5 Å². The first-order valence-electron chi connectivity index (χ1n) is 7.89. The number of hydrogen-bond donors (Lipinski definition) is 1. The molecule has 24 heavy (non-hydrogen) atoms. The van der Waals surface area contributed by atoms with Gasteiger partial charge in [0.1, 0.15) is 0 Å². The summed E-state index contributed by atoms with van der Waals surface area (Å²) in [6.07, 6.45) is 3.36. The lowest BCUT2D eigenvalue weighted by atomic mass is 10.2. The van der Waals surface area contributed by atoms with Crippen LogP contribution in [-0.4, -0.2) is 32.2 Å². The Balaban J connectivity index is 1.70. The van der Waals surface area contributed by atoms with E-state index in [1.165, 1.54) is 0 Å². The predicted molar refractivity (Wildman–Crippen MR) is 101 cm³/mol. The lowest BCUT2D eigenvalue weighted by molar-refractivity contribution is -0.111. The van der Waals surface area contributed by atoms with Crippen LogP contribution in [0.15, 0.2) is 59.1 Å². The number of carbonyl (C=O) groups is 1. The maximum atomic E-state index is 12.3. The van der Waals surface area contributed by atoms with Crippen LogP contribution >= 0.6 is 15.9 Å². The fourth-order valence-corrected chi connectivity index (χ4v) is 3.03. The normalized spacial score (nSPS) is 14.8. The number of hydrogen-bond acceptors (Lipinski definition) is 3. The number of nitrogens with one attached hydrogen (secondary N) is 1. The summed E-state index contributed by atoms with van der Waals surface area (Å²) in [5, 5.41) is 2.97. The number of rotatable bonds is 4. The third-order valence-electron chi connectivity index (χ3n) is 3.79. The van der Waals surface area contributed by atoms with Crippen molar-refractivity contribution in [3.05, 3.63) is 64.6 Å². The van der Waals surface area contributed by atoms with Crippen LogP contribution < -0.4 is 10.2 Å². The molecule has 4 nitrogen and oxygen atoms in total. The highest BCUT2D eigenvalue weighted by molar-refractivity contribution is 9.10. The van der Waals surface area contributed by atoms with Crippen LogP contribution in [0.1, 0.15) is 5.56 Å². The zero-order valence-corrected chi connectivity index (χ0v) is 14.8. The molecule has 124 valence electrons. The SMILES string of the molecule is O=C(/C=C/c1cccc(Br)c1)Nc1ccccc1N1CCOCC1. The van der Waals surface area contributed by atoms with E-state index in [2.05, 4.69) is 26.1 Å². The van der Waals surface area contributed by atoms with Gasteiger partial charge in [0.05, 0.1) is 24.6 Å². The lowest BCUT2D eigenvalue weighted by Crippen LogP contribution is -2.36. The lowest BCUT2D eigenvalue weighted by Gasteiger charge is -2.30. The molecule has 0 unspecified atom stereocenters. The Morgan fingerprint density at radius 3 is 2.71 bits per heavy atom. The first-order valence-corrected chi connectivity index (χ1v) is 8.68. The summed E-state index contributed by atoms with van der Waals surface area (Å²) >= 11 is 3.43. The number of para-hydroxylation sites is 2. The van der Waals surface area contributed by atoms with Crippen molar-refractivity contribution in [3.63, 3.8) is 0 Å². The minimum absolute atomic E-state index is 0.143. The standard InChI is InChI=1S/C19H19BrN2O2/c20-16-5-3-4-15(14-16)8-9-19(23)21-17-6-1-2-7-18(17)22-10-12-24-13-11-22/h1-9,14H,10-13H2,(H,21,23)/b9-8+. The average molecular weight is 387 g/mol. The predicted octanol–water partition coefficient (Wildman–Crippen LogP) is 3.94. The van der Waals surface area contributed by atoms with Crippen molar-refractivity contribution in [1.82, 2.24) is 0 Å². The van der Waals surface area contributed by atoms with Gasteiger partial charge in [0, 0.05) is 23.6 Å². The van der Waals surface area contributed by atoms with Crippen LogP contribution in [0.2, 0.25) is 0 Å². The molecule has 2 aromatic carbocycles. The Bertz CT molecular complexity index is 740. The molecule has 0 atom stereocenters. The summed E-state index contributed by atoms with van der Waals surface area (Å²) < 4.78 is 6.38. The topological polar surface area (TPSA) is 41.6 Å². The van der Waals surface area contributed by atoms with E-state index in [4.69, 9.17) is 4.74 Å². The van der Waals surface area contributed by atoms with Gasteiger partial charge in [-0.15, -0.1) is 0 Å². The highest BCUT2D eigenvalue weighted by atomic mass is 79.9. The molecule has 1 amide bonds. The molecule has 1 fully saturated rings. The van der Waals surface area contributed by atoms with Crippen LogP contribution in [0.3, 0.4) is 0 Å². The van der Waals surface area contributed by atoms with E-state index in [1.54, 1.807) is 12.2 Å². The number of anilines is 2. The summed E-state index contributed by atoms with van der Waals surface area (Å²) in [6, 6.07) is 15.7. The summed E-state index contributed by atoms with van der Waals surface area (Å²) in [6.45, 7) is 3.09. The van der Waals surface area contributed by atoms with Crippen LogP contribution in [0, 0.1) is 0 Å². The van der Waals surface area contributed by atoms with E-state index in [-0.39, 0.29) is 5.91 Å². The maximum absolute atomic E-state index is 12.3. The van der Waals surface area contributed by atoms with E-state index in [0.717, 1.165) is 34.5 Å². The van der Waals surface area contributed by atoms with Gasteiger partial charge in [0.2, 0.25) is 5.91 Å². The summed E-state index contributed by atoms with van der Waals surface area (Å²) in [5.41, 5.74) is 2.83. The van der Waals surface area contributed by atoms with Crippen molar-refractivity contribution in [2.45, 2.75) is 0 Å². The van der Waals surface area contributed by atoms with Gasteiger partial charge < -0.3 is 15.0 Å². The van der Waals surface area contributed by atoms with Crippen molar-refractivity contribution >= 4 is 39.3 Å². The third-order valence-corrected chi connectivity index (χ3v) is 4.28. The fraction of sp³-hybridized carbons (Fsp3) is 0.211. The zero-order valence-electron chi connectivity index (χ0n) is 13.2. The van der Waals surface area contributed by atoms with E-state index in [0.29, 0.717) is 13.2 Å². The number of ether oxygens (including phenoxy) is 1. The van der Waals surface area contributed by atoms with Gasteiger partial charge in [-0.25, -0.2) is 0 Å². The average Bonchev–Trinajstić information content (AvgIpc) is 2.61. The first-order chi connectivity index (χ1) is 11.7. The first kappa shape index (κ1) is 16.7. The number of amides is 1. The fourth-order valence-electron chi connectivity index (χ4n) is 2.62. The van der Waals surface area contributed by atoms with Crippen molar-refractivity contribution in [3.8, 4) is 0 Å². The van der Waals surface area contributed by atoms with Crippen molar-refractivity contribution in [2.24, 2.45) is 0 Å². The molecule has 0 aliphatic carbocycles. The molecule has 1 aliphatic rings. The molecule has 0 spiro atoms. The monoisotopic (exact) mass is 386 g/mol. The molecule has 5 heteroatoms. The van der Waals surface area contributed by atoms with Gasteiger partial charge in [-0.3, -0.25) is 4.79 Å². The van der Waals surface area contributed by atoms with Gasteiger partial charge in [-0.1, -0.05) is 40.2 Å². The molecule has 0 radical (unpaired) electrons. The van der Waals surface area contributed by atoms with Crippen molar-refractivity contribution in [2.75, 3.05) is 36.5 Å². The summed E-state index contributed by atoms with van der Waals surface area (Å²) in [5.74, 6) is -0.143. The number of halogens is 1. The molecular weight excluding hydrogens is 368 g/mol. The number of nitrogens with zero attached hydrogens (tertiary/aromatic N) is 1. The quantitative estimate of drug-likeness (QED) is 0.809. The number of morpholine rings is 1. The molecule has 3 rings (SSSR count). The van der Waals surface area contributed by atoms with Gasteiger partial charge in [-0.05, 0) is 35.9 Å². The largest absolute Gasteiger partial charge is 0.378 e. The van der Waals surface area contributed by atoms with Crippen LogP contribution in [0.25, 0.3) is 6.08 Å². The Morgan fingerprint density at radius 2 is 1.92 bits per heavy atom. The Labute approximate surface area is 150 Å². The van der Waals surface area contributed by atoms with Gasteiger partial charge >= 0.3 is 0 Å². The number of benzene rings is 2. The Morgan fingerprint density at radius 1 is 1.12 bits per heavy atom.